The number of rotatable bonds is 5. The minimum atomic E-state index is -4.27. The summed E-state index contributed by atoms with van der Waals surface area (Å²) < 4.78 is 37.4. The monoisotopic (exact) mass is 326 g/mol. The Morgan fingerprint density at radius 2 is 2.11 bits per heavy atom. The van der Waals surface area contributed by atoms with Crippen molar-refractivity contribution in [2.75, 3.05) is 30.4 Å². The number of halogens is 4. The number of nitrogens with one attached hydrogen (secondary N) is 1. The third-order valence-corrected chi connectivity index (χ3v) is 2.60. The molecule has 0 atom stereocenters. The first-order valence-corrected chi connectivity index (χ1v) is 6.17. The normalized spacial score (nSPS) is 11.4. The summed E-state index contributed by atoms with van der Waals surface area (Å²) in [4.78, 5) is 9.06. The SMILES string of the molecule is CCCNc1ncc(Br)c(N(C)CC(F)(F)F)n1. The fourth-order valence-electron chi connectivity index (χ4n) is 1.29. The summed E-state index contributed by atoms with van der Waals surface area (Å²) >= 11 is 3.14. The first kappa shape index (κ1) is 15.0. The van der Waals surface area contributed by atoms with Crippen LogP contribution in [0.4, 0.5) is 24.9 Å². The summed E-state index contributed by atoms with van der Waals surface area (Å²) in [7, 11) is 1.34. The molecule has 0 saturated carbocycles. The minimum absolute atomic E-state index is 0.209. The quantitative estimate of drug-likeness (QED) is 0.902. The van der Waals surface area contributed by atoms with Crippen molar-refractivity contribution in [3.8, 4) is 0 Å². The number of hydrogen-bond acceptors (Lipinski definition) is 4. The van der Waals surface area contributed by atoms with E-state index in [9.17, 15) is 13.2 Å². The molecule has 0 amide bonds. The molecule has 0 aliphatic rings. The molecule has 0 saturated heterocycles. The highest BCUT2D eigenvalue weighted by Gasteiger charge is 2.30. The van der Waals surface area contributed by atoms with Crippen molar-refractivity contribution in [2.45, 2.75) is 19.5 Å². The van der Waals surface area contributed by atoms with Gasteiger partial charge >= 0.3 is 6.18 Å². The van der Waals surface area contributed by atoms with Crippen molar-refractivity contribution < 1.29 is 13.2 Å². The van der Waals surface area contributed by atoms with Gasteiger partial charge in [-0.3, -0.25) is 0 Å². The predicted molar refractivity (Wildman–Crippen MR) is 67.8 cm³/mol. The molecule has 1 rings (SSSR count). The Labute approximate surface area is 112 Å². The highest BCUT2D eigenvalue weighted by molar-refractivity contribution is 9.10. The molecule has 1 aromatic rings. The minimum Gasteiger partial charge on any atom is -0.354 e. The zero-order chi connectivity index (χ0) is 13.8. The van der Waals surface area contributed by atoms with E-state index in [-0.39, 0.29) is 5.82 Å². The van der Waals surface area contributed by atoms with Gasteiger partial charge in [0.2, 0.25) is 5.95 Å². The Bertz CT molecular complexity index is 397. The molecule has 1 N–H and O–H groups in total. The van der Waals surface area contributed by atoms with Crippen LogP contribution in [-0.4, -0.2) is 36.3 Å². The van der Waals surface area contributed by atoms with Crippen molar-refractivity contribution in [3.05, 3.63) is 10.7 Å². The molecule has 0 aromatic carbocycles. The van der Waals surface area contributed by atoms with Crippen LogP contribution in [0.15, 0.2) is 10.7 Å². The molecule has 18 heavy (non-hydrogen) atoms. The summed E-state index contributed by atoms with van der Waals surface area (Å²) in [5, 5.41) is 2.93. The van der Waals surface area contributed by atoms with Gasteiger partial charge in [-0.05, 0) is 22.4 Å². The molecule has 0 bridgehead atoms. The number of nitrogens with zero attached hydrogens (tertiary/aromatic N) is 3. The van der Waals surface area contributed by atoms with E-state index >= 15 is 0 Å². The molecule has 0 radical (unpaired) electrons. The van der Waals surface area contributed by atoms with Crippen LogP contribution in [0.5, 0.6) is 0 Å². The predicted octanol–water partition coefficient (Wildman–Crippen LogP) is 3.06. The van der Waals surface area contributed by atoms with Gasteiger partial charge in [-0.2, -0.15) is 18.2 Å². The topological polar surface area (TPSA) is 41.1 Å². The Kier molecular flexibility index (Phi) is 5.18. The van der Waals surface area contributed by atoms with Gasteiger partial charge in [0.15, 0.2) is 0 Å². The van der Waals surface area contributed by atoms with Crippen molar-refractivity contribution in [1.29, 1.82) is 0 Å². The molecule has 0 unspecified atom stereocenters. The Hall–Kier alpha value is -1.05. The third-order valence-electron chi connectivity index (χ3n) is 2.04. The van der Waals surface area contributed by atoms with Crippen LogP contribution in [0, 0.1) is 0 Å². The lowest BCUT2D eigenvalue weighted by Gasteiger charge is -2.21. The fraction of sp³-hybridized carbons (Fsp3) is 0.600. The van der Waals surface area contributed by atoms with Gasteiger partial charge < -0.3 is 10.2 Å². The number of aromatic nitrogens is 2. The molecule has 8 heteroatoms. The van der Waals surface area contributed by atoms with Crippen molar-refractivity contribution in [3.63, 3.8) is 0 Å². The second kappa shape index (κ2) is 6.21. The highest BCUT2D eigenvalue weighted by Crippen LogP contribution is 2.26. The Balaban J connectivity index is 2.86. The molecule has 0 fully saturated rings. The van der Waals surface area contributed by atoms with E-state index in [4.69, 9.17) is 0 Å². The average Bonchev–Trinajstić information content (AvgIpc) is 2.25. The van der Waals surface area contributed by atoms with E-state index in [0.29, 0.717) is 17.0 Å². The average molecular weight is 327 g/mol. The smallest absolute Gasteiger partial charge is 0.354 e. The maximum absolute atomic E-state index is 12.3. The van der Waals surface area contributed by atoms with Crippen LogP contribution < -0.4 is 10.2 Å². The second-order valence-electron chi connectivity index (χ2n) is 3.76. The molecular formula is C10H14BrF3N4. The fourth-order valence-corrected chi connectivity index (χ4v) is 1.79. The molecule has 1 aromatic heterocycles. The number of hydrogen-bond donors (Lipinski definition) is 1. The van der Waals surface area contributed by atoms with E-state index in [1.807, 2.05) is 6.92 Å². The lowest BCUT2D eigenvalue weighted by Crippen LogP contribution is -2.31. The summed E-state index contributed by atoms with van der Waals surface area (Å²) in [6, 6.07) is 0. The molecule has 1 heterocycles. The van der Waals surface area contributed by atoms with Gasteiger partial charge in [-0.25, -0.2) is 4.98 Å². The summed E-state index contributed by atoms with van der Waals surface area (Å²) in [6.07, 6.45) is -1.95. The molecule has 102 valence electrons. The Morgan fingerprint density at radius 1 is 1.44 bits per heavy atom. The number of anilines is 2. The van der Waals surface area contributed by atoms with Crippen LogP contribution in [0.3, 0.4) is 0 Å². The van der Waals surface area contributed by atoms with Crippen molar-refractivity contribution in [2.24, 2.45) is 0 Å². The zero-order valence-electron chi connectivity index (χ0n) is 10.1. The van der Waals surface area contributed by atoms with Gasteiger partial charge in [0.05, 0.1) is 4.47 Å². The lowest BCUT2D eigenvalue weighted by molar-refractivity contribution is -0.119. The highest BCUT2D eigenvalue weighted by atomic mass is 79.9. The van der Waals surface area contributed by atoms with Crippen molar-refractivity contribution >= 4 is 27.7 Å². The van der Waals surface area contributed by atoms with Crippen LogP contribution in [-0.2, 0) is 0 Å². The standard InChI is InChI=1S/C10H14BrF3N4/c1-3-4-15-9-16-5-7(11)8(17-9)18(2)6-10(12,13)14/h5H,3-4,6H2,1-2H3,(H,15,16,17). The summed E-state index contributed by atoms with van der Waals surface area (Å²) in [5.74, 6) is 0.532. The van der Waals surface area contributed by atoms with E-state index in [2.05, 4.69) is 31.2 Å². The summed E-state index contributed by atoms with van der Waals surface area (Å²) in [5.41, 5.74) is 0. The molecular weight excluding hydrogens is 313 g/mol. The molecule has 0 spiro atoms. The van der Waals surface area contributed by atoms with Gasteiger partial charge in [0.25, 0.3) is 0 Å². The first-order valence-electron chi connectivity index (χ1n) is 5.37. The molecule has 4 nitrogen and oxygen atoms in total. The Morgan fingerprint density at radius 3 is 2.67 bits per heavy atom. The van der Waals surface area contributed by atoms with Crippen molar-refractivity contribution in [1.82, 2.24) is 9.97 Å². The molecule has 0 aliphatic heterocycles. The van der Waals surface area contributed by atoms with Crippen LogP contribution in [0.2, 0.25) is 0 Å². The van der Waals surface area contributed by atoms with Gasteiger partial charge in [-0.15, -0.1) is 0 Å². The summed E-state index contributed by atoms with van der Waals surface area (Å²) in [6.45, 7) is 1.59. The lowest BCUT2D eigenvalue weighted by atomic mass is 10.4. The van der Waals surface area contributed by atoms with Crippen LogP contribution in [0.1, 0.15) is 13.3 Å². The molecule has 0 aliphatic carbocycles. The second-order valence-corrected chi connectivity index (χ2v) is 4.62. The van der Waals surface area contributed by atoms with Crippen LogP contribution >= 0.6 is 15.9 Å². The third kappa shape index (κ3) is 4.67. The van der Waals surface area contributed by atoms with Gasteiger partial charge in [0, 0.05) is 19.8 Å². The maximum atomic E-state index is 12.3. The van der Waals surface area contributed by atoms with E-state index in [1.165, 1.54) is 13.2 Å². The van der Waals surface area contributed by atoms with E-state index in [0.717, 1.165) is 11.3 Å². The van der Waals surface area contributed by atoms with E-state index in [1.54, 1.807) is 0 Å². The van der Waals surface area contributed by atoms with Gasteiger partial charge in [-0.1, -0.05) is 6.92 Å². The first-order chi connectivity index (χ1) is 8.33. The van der Waals surface area contributed by atoms with Gasteiger partial charge in [0.1, 0.15) is 12.4 Å². The largest absolute Gasteiger partial charge is 0.405 e. The number of alkyl halides is 3. The maximum Gasteiger partial charge on any atom is 0.405 e. The van der Waals surface area contributed by atoms with E-state index < -0.39 is 12.7 Å². The van der Waals surface area contributed by atoms with Crippen LogP contribution in [0.25, 0.3) is 0 Å². The zero-order valence-corrected chi connectivity index (χ0v) is 11.6.